The van der Waals surface area contributed by atoms with Gasteiger partial charge in [-0.15, -0.1) is 0 Å². The lowest BCUT2D eigenvalue weighted by atomic mass is 10.0. The van der Waals surface area contributed by atoms with Crippen LogP contribution in [0.5, 0.6) is 0 Å². The summed E-state index contributed by atoms with van der Waals surface area (Å²) in [6, 6.07) is 0. The van der Waals surface area contributed by atoms with Gasteiger partial charge in [-0.25, -0.2) is 4.99 Å². The Morgan fingerprint density at radius 2 is 1.26 bits per heavy atom. The quantitative estimate of drug-likeness (QED) is 0.105. The number of allylic oxidation sites excluding steroid dienone is 2. The third-order valence-corrected chi connectivity index (χ3v) is 7.18. The van der Waals surface area contributed by atoms with Crippen molar-refractivity contribution in [2.75, 3.05) is 32.8 Å². The highest BCUT2D eigenvalue weighted by molar-refractivity contribution is 5.77. The molecule has 0 saturated heterocycles. The summed E-state index contributed by atoms with van der Waals surface area (Å²) in [5, 5.41) is 9.39. The van der Waals surface area contributed by atoms with E-state index in [4.69, 9.17) is 4.99 Å². The molecule has 0 fully saturated rings. The minimum Gasteiger partial charge on any atom is -0.390 e. The first-order valence-corrected chi connectivity index (χ1v) is 13.9. The monoisotopic (exact) mass is 435 g/mol. The lowest BCUT2D eigenvalue weighted by Gasteiger charge is -2.32. The number of quaternary nitrogens is 1. The average molecular weight is 436 g/mol. The molecule has 1 unspecified atom stereocenters. The van der Waals surface area contributed by atoms with Crippen LogP contribution in [-0.4, -0.2) is 48.2 Å². The molecule has 0 aromatic heterocycles. The molecule has 1 rings (SSSR count). The normalized spacial score (nSPS) is 18.9. The van der Waals surface area contributed by atoms with Crippen molar-refractivity contribution in [3.63, 3.8) is 0 Å². The van der Waals surface area contributed by atoms with Gasteiger partial charge in [0.05, 0.1) is 19.7 Å². The summed E-state index contributed by atoms with van der Waals surface area (Å²) in [7, 11) is 0. The summed E-state index contributed by atoms with van der Waals surface area (Å²) < 4.78 is 0.920. The summed E-state index contributed by atoms with van der Waals surface area (Å²) in [4.78, 5) is 4.74. The largest absolute Gasteiger partial charge is 0.390 e. The molecule has 1 atom stereocenters. The predicted molar refractivity (Wildman–Crippen MR) is 138 cm³/mol. The van der Waals surface area contributed by atoms with Crippen LogP contribution in [0, 0.1) is 0 Å². The van der Waals surface area contributed by atoms with E-state index in [9.17, 15) is 5.11 Å². The summed E-state index contributed by atoms with van der Waals surface area (Å²) >= 11 is 0. The maximum absolute atomic E-state index is 9.39. The number of likely N-dealkylation sites (N-methyl/N-ethyl adjacent to an activating group) is 1. The second-order valence-corrected chi connectivity index (χ2v) is 9.68. The van der Waals surface area contributed by atoms with Gasteiger partial charge in [0, 0.05) is 6.42 Å². The van der Waals surface area contributed by atoms with Crippen LogP contribution in [0.2, 0.25) is 0 Å². The van der Waals surface area contributed by atoms with Crippen LogP contribution >= 0.6 is 0 Å². The van der Waals surface area contributed by atoms with E-state index in [1.54, 1.807) is 0 Å². The van der Waals surface area contributed by atoms with Gasteiger partial charge in [-0.2, -0.15) is 0 Å². The van der Waals surface area contributed by atoms with Crippen LogP contribution in [0.15, 0.2) is 17.1 Å². The van der Waals surface area contributed by atoms with Crippen molar-refractivity contribution in [3.8, 4) is 0 Å². The maximum Gasteiger partial charge on any atom is 0.198 e. The fourth-order valence-corrected chi connectivity index (χ4v) is 4.98. The van der Waals surface area contributed by atoms with Gasteiger partial charge in [0.15, 0.2) is 5.84 Å². The maximum atomic E-state index is 9.39. The SMILES string of the molecule is CCCCCCCCCCCCCCCCC/C=C/CCC1=NCC[N+]1(CC)CCO. The van der Waals surface area contributed by atoms with Crippen molar-refractivity contribution in [1.29, 1.82) is 0 Å². The molecule has 0 saturated carbocycles. The molecule has 0 spiro atoms. The molecule has 182 valence electrons. The molecule has 0 radical (unpaired) electrons. The molecule has 31 heavy (non-hydrogen) atoms. The first kappa shape index (κ1) is 28.4. The minimum atomic E-state index is 0.266. The van der Waals surface area contributed by atoms with Gasteiger partial charge in [0.2, 0.25) is 0 Å². The molecule has 0 bridgehead atoms. The number of rotatable bonds is 22. The molecule has 3 nitrogen and oxygen atoms in total. The highest BCUT2D eigenvalue weighted by atomic mass is 16.3. The molecular weight excluding hydrogens is 380 g/mol. The first-order chi connectivity index (χ1) is 15.3. The number of aliphatic imine (C=N–C) groups is 1. The average Bonchev–Trinajstić information content (AvgIpc) is 3.18. The number of hydrogen-bond acceptors (Lipinski definition) is 2. The standard InChI is InChI=1S/C28H55N2O/c1-3-5-6-7-8-9-10-11-12-13-14-15-16-17-18-19-20-21-22-23-28-29-24-25-30(28,4-2)26-27-31/h20-21,31H,3-19,22-27H2,1-2H3/q+1/b21-20+. The van der Waals surface area contributed by atoms with Crippen LogP contribution < -0.4 is 0 Å². The first-order valence-electron chi connectivity index (χ1n) is 13.9. The summed E-state index contributed by atoms with van der Waals surface area (Å²) in [5.74, 6) is 1.31. The molecule has 1 aliphatic rings. The zero-order valence-electron chi connectivity index (χ0n) is 21.3. The smallest absolute Gasteiger partial charge is 0.198 e. The summed E-state index contributed by atoms with van der Waals surface area (Å²) in [5.41, 5.74) is 0. The van der Waals surface area contributed by atoms with Crippen molar-refractivity contribution in [2.45, 2.75) is 129 Å². The van der Waals surface area contributed by atoms with Gasteiger partial charge in [-0.1, -0.05) is 109 Å². The summed E-state index contributed by atoms with van der Waals surface area (Å²) in [6.07, 6.45) is 29.6. The molecular formula is C28H55N2O+. The van der Waals surface area contributed by atoms with E-state index in [-0.39, 0.29) is 6.61 Å². The molecule has 0 aromatic carbocycles. The summed E-state index contributed by atoms with van der Waals surface area (Å²) in [6.45, 7) is 8.69. The number of amidine groups is 1. The Kier molecular flexibility index (Phi) is 18.3. The molecule has 0 aromatic rings. The molecule has 1 heterocycles. The van der Waals surface area contributed by atoms with Crippen molar-refractivity contribution in [1.82, 2.24) is 0 Å². The van der Waals surface area contributed by atoms with Gasteiger partial charge >= 0.3 is 0 Å². The molecule has 0 aliphatic carbocycles. The van der Waals surface area contributed by atoms with E-state index in [2.05, 4.69) is 26.0 Å². The van der Waals surface area contributed by atoms with Crippen molar-refractivity contribution < 1.29 is 9.59 Å². The van der Waals surface area contributed by atoms with E-state index >= 15 is 0 Å². The van der Waals surface area contributed by atoms with Crippen LogP contribution in [-0.2, 0) is 0 Å². The Morgan fingerprint density at radius 3 is 1.77 bits per heavy atom. The lowest BCUT2D eigenvalue weighted by molar-refractivity contribution is -0.835. The number of unbranched alkanes of at least 4 members (excludes halogenated alkanes) is 15. The van der Waals surface area contributed by atoms with E-state index < -0.39 is 0 Å². The third-order valence-electron chi connectivity index (χ3n) is 7.18. The van der Waals surface area contributed by atoms with Gasteiger partial charge in [-0.05, 0) is 26.2 Å². The zero-order valence-corrected chi connectivity index (χ0v) is 21.3. The highest BCUT2D eigenvalue weighted by Gasteiger charge is 2.35. The third kappa shape index (κ3) is 13.5. The number of nitrogens with zero attached hydrogens (tertiary/aromatic N) is 2. The Bertz CT molecular complexity index is 460. The number of hydrogen-bond donors (Lipinski definition) is 1. The Hall–Kier alpha value is -0.670. The minimum absolute atomic E-state index is 0.266. The lowest BCUT2D eigenvalue weighted by Crippen LogP contribution is -2.52. The number of aliphatic hydroxyl groups is 1. The molecule has 1 N–H and O–H groups in total. The van der Waals surface area contributed by atoms with Gasteiger partial charge in [0.1, 0.15) is 13.1 Å². The van der Waals surface area contributed by atoms with E-state index in [1.165, 1.54) is 109 Å². The fraction of sp³-hybridized carbons (Fsp3) is 0.893. The Morgan fingerprint density at radius 1 is 0.742 bits per heavy atom. The highest BCUT2D eigenvalue weighted by Crippen LogP contribution is 2.19. The molecule has 1 aliphatic heterocycles. The van der Waals surface area contributed by atoms with Crippen LogP contribution in [0.3, 0.4) is 0 Å². The molecule has 0 amide bonds. The fourth-order valence-electron chi connectivity index (χ4n) is 4.98. The van der Waals surface area contributed by atoms with Crippen molar-refractivity contribution in [2.24, 2.45) is 4.99 Å². The second-order valence-electron chi connectivity index (χ2n) is 9.68. The van der Waals surface area contributed by atoms with Crippen LogP contribution in [0.25, 0.3) is 0 Å². The van der Waals surface area contributed by atoms with E-state index in [1.807, 2.05) is 0 Å². The second kappa shape index (κ2) is 20.0. The van der Waals surface area contributed by atoms with Crippen LogP contribution in [0.4, 0.5) is 0 Å². The van der Waals surface area contributed by atoms with E-state index in [0.717, 1.165) is 43.5 Å². The number of aliphatic hydroxyl groups excluding tert-OH is 1. The van der Waals surface area contributed by atoms with E-state index in [0.29, 0.717) is 0 Å². The van der Waals surface area contributed by atoms with Gasteiger partial charge < -0.3 is 5.11 Å². The van der Waals surface area contributed by atoms with Gasteiger partial charge in [0.25, 0.3) is 0 Å². The van der Waals surface area contributed by atoms with Crippen LogP contribution in [0.1, 0.15) is 129 Å². The predicted octanol–water partition coefficient (Wildman–Crippen LogP) is 7.83. The van der Waals surface area contributed by atoms with Crippen molar-refractivity contribution >= 4 is 5.84 Å². The topological polar surface area (TPSA) is 32.6 Å². The van der Waals surface area contributed by atoms with Crippen molar-refractivity contribution in [3.05, 3.63) is 12.2 Å². The Balaban J connectivity index is 1.86. The van der Waals surface area contributed by atoms with Gasteiger partial charge in [-0.3, -0.25) is 4.48 Å². The Labute approximate surface area is 195 Å². The zero-order chi connectivity index (χ0) is 22.5. The molecule has 3 heteroatoms.